The Bertz CT molecular complexity index is 378. The molecule has 0 aromatic rings. The van der Waals surface area contributed by atoms with Crippen LogP contribution in [-0.4, -0.2) is 35.6 Å². The molecular formula is C12H12O3. The lowest BCUT2D eigenvalue weighted by molar-refractivity contribution is 0.0135. The molecule has 3 nitrogen and oxygen atoms in total. The Labute approximate surface area is 87.1 Å². The summed E-state index contributed by atoms with van der Waals surface area (Å²) >= 11 is 0. The van der Waals surface area contributed by atoms with E-state index in [4.69, 9.17) is 14.2 Å². The van der Waals surface area contributed by atoms with E-state index in [2.05, 4.69) is 0 Å². The topological polar surface area (TPSA) is 37.6 Å². The van der Waals surface area contributed by atoms with E-state index in [1.807, 2.05) is 0 Å². The van der Waals surface area contributed by atoms with Crippen LogP contribution in [0, 0.1) is 23.7 Å². The molecule has 3 heterocycles. The minimum absolute atomic E-state index is 0.262. The summed E-state index contributed by atoms with van der Waals surface area (Å²) in [5, 5.41) is 0. The molecule has 0 unspecified atom stereocenters. The minimum Gasteiger partial charge on any atom is -0.369 e. The highest BCUT2D eigenvalue weighted by Crippen LogP contribution is 2.88. The van der Waals surface area contributed by atoms with E-state index in [1.165, 1.54) is 12.8 Å². The summed E-state index contributed by atoms with van der Waals surface area (Å²) in [5.74, 6) is 2.97. The van der Waals surface area contributed by atoms with Crippen LogP contribution in [0.5, 0.6) is 0 Å². The fourth-order valence-electron chi connectivity index (χ4n) is 6.59. The first-order valence-corrected chi connectivity index (χ1v) is 6.39. The van der Waals surface area contributed by atoms with E-state index in [9.17, 15) is 0 Å². The summed E-state index contributed by atoms with van der Waals surface area (Å²) in [6.07, 6.45) is 5.15. The van der Waals surface area contributed by atoms with Gasteiger partial charge in [0.15, 0.2) is 0 Å². The van der Waals surface area contributed by atoms with E-state index in [-0.39, 0.29) is 11.2 Å². The van der Waals surface area contributed by atoms with Crippen molar-refractivity contribution in [3.8, 4) is 0 Å². The molecule has 0 spiro atoms. The Balaban J connectivity index is 1.57. The summed E-state index contributed by atoms with van der Waals surface area (Å²) in [6, 6.07) is 0. The third-order valence-electron chi connectivity index (χ3n) is 6.84. The third-order valence-corrected chi connectivity index (χ3v) is 6.84. The molecule has 3 saturated heterocycles. The second kappa shape index (κ2) is 1.38. The van der Waals surface area contributed by atoms with Gasteiger partial charge in [0.2, 0.25) is 0 Å². The van der Waals surface area contributed by atoms with E-state index in [1.54, 1.807) is 0 Å². The molecule has 0 N–H and O–H groups in total. The average Bonchev–Trinajstić information content (AvgIpc) is 3.20. The molecule has 3 aliphatic heterocycles. The molecule has 4 saturated carbocycles. The van der Waals surface area contributed by atoms with Crippen molar-refractivity contribution < 1.29 is 14.2 Å². The van der Waals surface area contributed by atoms with Crippen molar-refractivity contribution in [1.82, 2.24) is 0 Å². The molecule has 0 radical (unpaired) electrons. The van der Waals surface area contributed by atoms with Gasteiger partial charge >= 0.3 is 0 Å². The van der Waals surface area contributed by atoms with Gasteiger partial charge in [0.05, 0.1) is 24.4 Å². The molecule has 15 heavy (non-hydrogen) atoms. The number of hydrogen-bond acceptors (Lipinski definition) is 3. The van der Waals surface area contributed by atoms with Crippen LogP contribution in [0.2, 0.25) is 0 Å². The number of rotatable bonds is 0. The second-order valence-electron chi connectivity index (χ2n) is 6.72. The van der Waals surface area contributed by atoms with Gasteiger partial charge in [-0.05, 0) is 12.8 Å². The Hall–Kier alpha value is -0.120. The normalized spacial score (nSPS) is 91.2. The highest BCUT2D eigenvalue weighted by molar-refractivity contribution is 5.47. The van der Waals surface area contributed by atoms with Crippen molar-refractivity contribution in [1.29, 1.82) is 0 Å². The van der Waals surface area contributed by atoms with E-state index < -0.39 is 0 Å². The third kappa shape index (κ3) is 0.369. The van der Waals surface area contributed by atoms with Crippen molar-refractivity contribution in [2.75, 3.05) is 0 Å². The van der Waals surface area contributed by atoms with Crippen LogP contribution in [0.1, 0.15) is 12.8 Å². The predicted molar refractivity (Wildman–Crippen MR) is 47.1 cm³/mol. The first-order chi connectivity index (χ1) is 7.38. The Morgan fingerprint density at radius 3 is 1.47 bits per heavy atom. The molecule has 0 amide bonds. The molecule has 78 valence electrons. The first-order valence-electron chi connectivity index (χ1n) is 6.39. The summed E-state index contributed by atoms with van der Waals surface area (Å²) in [5.41, 5.74) is 0.523. The van der Waals surface area contributed by atoms with Gasteiger partial charge in [-0.1, -0.05) is 0 Å². The molecule has 7 rings (SSSR count). The number of hydrogen-bond donors (Lipinski definition) is 0. The van der Waals surface area contributed by atoms with Gasteiger partial charge in [0.25, 0.3) is 0 Å². The van der Waals surface area contributed by atoms with Crippen LogP contribution >= 0.6 is 0 Å². The lowest BCUT2D eigenvalue weighted by Gasteiger charge is -2.23. The highest BCUT2D eigenvalue weighted by atomic mass is 16.7. The zero-order valence-electron chi connectivity index (χ0n) is 8.26. The summed E-state index contributed by atoms with van der Waals surface area (Å²) in [7, 11) is 0. The molecule has 8 atom stereocenters. The maximum Gasteiger partial charge on any atom is 0.109 e. The summed E-state index contributed by atoms with van der Waals surface area (Å²) < 4.78 is 18.0. The smallest absolute Gasteiger partial charge is 0.109 e. The fourth-order valence-corrected chi connectivity index (χ4v) is 6.59. The van der Waals surface area contributed by atoms with Crippen molar-refractivity contribution in [2.24, 2.45) is 23.7 Å². The zero-order valence-corrected chi connectivity index (χ0v) is 8.26. The quantitative estimate of drug-likeness (QED) is 0.534. The highest BCUT2D eigenvalue weighted by Gasteiger charge is 3.00. The predicted octanol–water partition coefficient (Wildman–Crippen LogP) is 0.328. The molecule has 0 aromatic carbocycles. The number of epoxide rings is 3. The molecule has 4 bridgehead atoms. The molecule has 3 heteroatoms. The second-order valence-corrected chi connectivity index (χ2v) is 6.72. The summed E-state index contributed by atoms with van der Waals surface area (Å²) in [4.78, 5) is 0. The summed E-state index contributed by atoms with van der Waals surface area (Å²) in [6.45, 7) is 0. The number of fused-ring (bicyclic) bond motifs is 10. The Morgan fingerprint density at radius 1 is 0.667 bits per heavy atom. The Morgan fingerprint density at radius 2 is 1.07 bits per heavy atom. The lowest BCUT2D eigenvalue weighted by Crippen LogP contribution is -2.44. The van der Waals surface area contributed by atoms with Gasteiger partial charge in [0, 0.05) is 23.7 Å². The van der Waals surface area contributed by atoms with Gasteiger partial charge in [-0.25, -0.2) is 0 Å². The lowest BCUT2D eigenvalue weighted by atomic mass is 9.71. The van der Waals surface area contributed by atoms with Gasteiger partial charge in [-0.15, -0.1) is 0 Å². The molecule has 7 fully saturated rings. The maximum absolute atomic E-state index is 6.38. The fraction of sp³-hybridized carbons (Fsp3) is 1.00. The zero-order chi connectivity index (χ0) is 9.15. The monoisotopic (exact) mass is 204 g/mol. The van der Waals surface area contributed by atoms with Gasteiger partial charge in [0.1, 0.15) is 11.2 Å². The molecular weight excluding hydrogens is 192 g/mol. The molecule has 4 aliphatic carbocycles. The minimum atomic E-state index is 0.262. The van der Waals surface area contributed by atoms with Crippen LogP contribution in [0.15, 0.2) is 0 Å². The Kier molecular flexibility index (Phi) is 0.604. The first kappa shape index (κ1) is 6.58. The van der Waals surface area contributed by atoms with Crippen LogP contribution in [0.25, 0.3) is 0 Å². The SMILES string of the molecule is C1[C@@H]2[C@H]3O[C@@H]3[C@@H]1C13OC21[C@@H]1C[C@@H]3[C@H]2O[C@@H]21. The van der Waals surface area contributed by atoms with Crippen LogP contribution < -0.4 is 0 Å². The molecule has 0 aromatic heterocycles. The maximum atomic E-state index is 6.38. The van der Waals surface area contributed by atoms with Crippen LogP contribution in [0.4, 0.5) is 0 Å². The van der Waals surface area contributed by atoms with Gasteiger partial charge < -0.3 is 14.2 Å². The van der Waals surface area contributed by atoms with Crippen molar-refractivity contribution in [2.45, 2.75) is 48.5 Å². The van der Waals surface area contributed by atoms with Crippen LogP contribution in [-0.2, 0) is 14.2 Å². The van der Waals surface area contributed by atoms with Gasteiger partial charge in [-0.3, -0.25) is 0 Å². The van der Waals surface area contributed by atoms with E-state index in [0.29, 0.717) is 24.4 Å². The molecule has 7 aliphatic rings. The van der Waals surface area contributed by atoms with Crippen molar-refractivity contribution in [3.63, 3.8) is 0 Å². The standard InChI is InChI=1S/C12H12O3/c1-3-7-8(13-7)4(1)12-6-2-5(9-10(6)14-9)11(3,12)15-12/h3-10H,1-2H2/t3-,4-,5-,6-,7-,8-,9-,10-,11?,12?/m1/s1. The number of ether oxygens (including phenoxy) is 3. The van der Waals surface area contributed by atoms with Gasteiger partial charge in [-0.2, -0.15) is 0 Å². The van der Waals surface area contributed by atoms with Crippen LogP contribution in [0.3, 0.4) is 0 Å². The van der Waals surface area contributed by atoms with E-state index in [0.717, 1.165) is 23.7 Å². The van der Waals surface area contributed by atoms with Crippen molar-refractivity contribution in [3.05, 3.63) is 0 Å². The van der Waals surface area contributed by atoms with E-state index >= 15 is 0 Å². The largest absolute Gasteiger partial charge is 0.369 e. The van der Waals surface area contributed by atoms with Crippen molar-refractivity contribution >= 4 is 0 Å². The average molecular weight is 204 g/mol.